The second-order valence-corrected chi connectivity index (χ2v) is 6.78. The highest BCUT2D eigenvalue weighted by atomic mass is 32.2. The summed E-state index contributed by atoms with van der Waals surface area (Å²) in [6.45, 7) is 0.679. The average molecular weight is 356 g/mol. The fraction of sp³-hybridized carbons (Fsp3) is 0.263. The van der Waals surface area contributed by atoms with Crippen molar-refractivity contribution in [3.8, 4) is 5.75 Å². The van der Waals surface area contributed by atoms with Gasteiger partial charge in [-0.25, -0.2) is 0 Å². The molecule has 0 atom stereocenters. The Labute approximate surface area is 151 Å². The lowest BCUT2D eigenvalue weighted by Gasteiger charge is -2.29. The lowest BCUT2D eigenvalue weighted by atomic mass is 10.2. The number of methoxy groups -OCH3 is 1. The molecule has 0 bridgehead atoms. The summed E-state index contributed by atoms with van der Waals surface area (Å²) in [6, 6.07) is 15.0. The maximum Gasteiger partial charge on any atom is 0.227 e. The Bertz CT molecular complexity index is 779. The van der Waals surface area contributed by atoms with E-state index < -0.39 is 0 Å². The number of rotatable bonds is 5. The van der Waals surface area contributed by atoms with Crippen LogP contribution in [-0.2, 0) is 9.59 Å². The largest absolute Gasteiger partial charge is 0.497 e. The van der Waals surface area contributed by atoms with Gasteiger partial charge in [-0.15, -0.1) is 11.8 Å². The van der Waals surface area contributed by atoms with Crippen LogP contribution < -0.4 is 15.0 Å². The van der Waals surface area contributed by atoms with Crippen LogP contribution in [0.1, 0.15) is 12.8 Å². The summed E-state index contributed by atoms with van der Waals surface area (Å²) in [4.78, 5) is 27.5. The van der Waals surface area contributed by atoms with E-state index in [1.807, 2.05) is 36.4 Å². The van der Waals surface area contributed by atoms with Crippen LogP contribution >= 0.6 is 11.8 Å². The summed E-state index contributed by atoms with van der Waals surface area (Å²) in [5, 5.41) is 2.80. The normalized spacial score (nSPS) is 13.1. The molecule has 2 amide bonds. The molecule has 25 heavy (non-hydrogen) atoms. The fourth-order valence-electron chi connectivity index (χ4n) is 2.71. The summed E-state index contributed by atoms with van der Waals surface area (Å²) in [5.74, 6) is 1.35. The molecule has 3 rings (SSSR count). The van der Waals surface area contributed by atoms with Crippen LogP contribution in [0.3, 0.4) is 0 Å². The van der Waals surface area contributed by atoms with Gasteiger partial charge in [-0.2, -0.15) is 0 Å². The van der Waals surface area contributed by atoms with E-state index in [-0.39, 0.29) is 24.7 Å². The summed E-state index contributed by atoms with van der Waals surface area (Å²) < 4.78 is 5.13. The van der Waals surface area contributed by atoms with Crippen molar-refractivity contribution in [1.29, 1.82) is 0 Å². The predicted octanol–water partition coefficient (Wildman–Crippen LogP) is 3.55. The number of fused-ring (bicyclic) bond motifs is 1. The number of hydrogen-bond acceptors (Lipinski definition) is 4. The average Bonchev–Trinajstić information content (AvgIpc) is 2.65. The molecule has 0 saturated carbocycles. The summed E-state index contributed by atoms with van der Waals surface area (Å²) >= 11 is 1.75. The molecule has 1 aliphatic rings. The van der Waals surface area contributed by atoms with Crippen LogP contribution in [0.25, 0.3) is 0 Å². The topological polar surface area (TPSA) is 58.6 Å². The zero-order valence-corrected chi connectivity index (χ0v) is 14.8. The SMILES string of the molecule is COc1cccc(NC(=O)CCC(=O)N2CCSc3ccccc32)c1. The van der Waals surface area contributed by atoms with Gasteiger partial charge in [-0.1, -0.05) is 18.2 Å². The van der Waals surface area contributed by atoms with Crippen molar-refractivity contribution in [3.63, 3.8) is 0 Å². The Kier molecular flexibility index (Phi) is 5.60. The third-order valence-corrected chi connectivity index (χ3v) is 4.99. The summed E-state index contributed by atoms with van der Waals surface area (Å²) in [7, 11) is 1.58. The van der Waals surface area contributed by atoms with Crippen molar-refractivity contribution in [2.75, 3.05) is 29.6 Å². The van der Waals surface area contributed by atoms with Crippen molar-refractivity contribution >= 4 is 35.0 Å². The molecule has 0 radical (unpaired) electrons. The minimum Gasteiger partial charge on any atom is -0.497 e. The molecule has 6 heteroatoms. The summed E-state index contributed by atoms with van der Waals surface area (Å²) in [6.07, 6.45) is 0.344. The number of hydrogen-bond donors (Lipinski definition) is 1. The number of anilines is 2. The molecule has 0 aromatic heterocycles. The molecule has 0 saturated heterocycles. The quantitative estimate of drug-likeness (QED) is 0.890. The van der Waals surface area contributed by atoms with Crippen molar-refractivity contribution in [1.82, 2.24) is 0 Å². The molecule has 5 nitrogen and oxygen atoms in total. The number of benzene rings is 2. The van der Waals surface area contributed by atoms with E-state index >= 15 is 0 Å². The zero-order valence-electron chi connectivity index (χ0n) is 14.0. The van der Waals surface area contributed by atoms with E-state index in [4.69, 9.17) is 4.74 Å². The number of nitrogens with zero attached hydrogens (tertiary/aromatic N) is 1. The maximum absolute atomic E-state index is 12.5. The highest BCUT2D eigenvalue weighted by molar-refractivity contribution is 7.99. The van der Waals surface area contributed by atoms with Crippen molar-refractivity contribution in [2.24, 2.45) is 0 Å². The van der Waals surface area contributed by atoms with E-state index in [2.05, 4.69) is 5.32 Å². The van der Waals surface area contributed by atoms with Crippen molar-refractivity contribution < 1.29 is 14.3 Å². The molecular weight excluding hydrogens is 336 g/mol. The smallest absolute Gasteiger partial charge is 0.227 e. The first-order valence-corrected chi connectivity index (χ1v) is 9.12. The van der Waals surface area contributed by atoms with E-state index in [0.717, 1.165) is 16.3 Å². The second kappa shape index (κ2) is 8.07. The van der Waals surface area contributed by atoms with Crippen molar-refractivity contribution in [3.05, 3.63) is 48.5 Å². The van der Waals surface area contributed by atoms with Crippen LogP contribution in [0.5, 0.6) is 5.75 Å². The number of amides is 2. The number of carbonyl (C=O) groups excluding carboxylic acids is 2. The Morgan fingerprint density at radius 1 is 1.16 bits per heavy atom. The van der Waals surface area contributed by atoms with E-state index in [1.165, 1.54) is 0 Å². The first-order valence-electron chi connectivity index (χ1n) is 8.13. The van der Waals surface area contributed by atoms with Gasteiger partial charge in [0.15, 0.2) is 0 Å². The number of carbonyl (C=O) groups is 2. The van der Waals surface area contributed by atoms with Gasteiger partial charge in [0.2, 0.25) is 11.8 Å². The molecule has 0 spiro atoms. The second-order valence-electron chi connectivity index (χ2n) is 5.64. The highest BCUT2D eigenvalue weighted by Gasteiger charge is 2.22. The highest BCUT2D eigenvalue weighted by Crippen LogP contribution is 2.34. The van der Waals surface area contributed by atoms with Crippen LogP contribution in [0.2, 0.25) is 0 Å². The molecule has 0 aliphatic carbocycles. The number of para-hydroxylation sites is 1. The minimum atomic E-state index is -0.179. The predicted molar refractivity (Wildman–Crippen MR) is 100 cm³/mol. The van der Waals surface area contributed by atoms with Crippen LogP contribution in [0, 0.1) is 0 Å². The van der Waals surface area contributed by atoms with Gasteiger partial charge in [-0.05, 0) is 24.3 Å². The van der Waals surface area contributed by atoms with Crippen LogP contribution in [0.15, 0.2) is 53.4 Å². The molecule has 0 unspecified atom stereocenters. The lowest BCUT2D eigenvalue weighted by Crippen LogP contribution is -2.35. The molecule has 1 aliphatic heterocycles. The summed E-state index contributed by atoms with van der Waals surface area (Å²) in [5.41, 5.74) is 1.61. The van der Waals surface area contributed by atoms with E-state index in [1.54, 1.807) is 35.9 Å². The third-order valence-electron chi connectivity index (χ3n) is 3.95. The standard InChI is InChI=1S/C19H20N2O3S/c1-24-15-6-4-5-14(13-15)20-18(22)9-10-19(23)21-11-12-25-17-8-3-2-7-16(17)21/h2-8,13H,9-12H2,1H3,(H,20,22). The Balaban J connectivity index is 1.56. The molecule has 2 aromatic rings. The van der Waals surface area contributed by atoms with Gasteiger partial charge < -0.3 is 15.0 Å². The molecule has 1 heterocycles. The van der Waals surface area contributed by atoms with Gasteiger partial charge in [-0.3, -0.25) is 9.59 Å². The zero-order chi connectivity index (χ0) is 17.6. The van der Waals surface area contributed by atoms with Gasteiger partial charge in [0, 0.05) is 41.8 Å². The third kappa shape index (κ3) is 4.33. The molecule has 130 valence electrons. The van der Waals surface area contributed by atoms with Crippen LogP contribution in [-0.4, -0.2) is 31.2 Å². The maximum atomic E-state index is 12.5. The molecule has 1 N–H and O–H groups in total. The minimum absolute atomic E-state index is 0.0199. The first kappa shape index (κ1) is 17.4. The number of ether oxygens (including phenoxy) is 1. The molecule has 2 aromatic carbocycles. The fourth-order valence-corrected chi connectivity index (χ4v) is 3.70. The van der Waals surface area contributed by atoms with Gasteiger partial charge in [0.05, 0.1) is 12.8 Å². The Hall–Kier alpha value is -2.47. The monoisotopic (exact) mass is 356 g/mol. The number of nitrogens with one attached hydrogen (secondary N) is 1. The lowest BCUT2D eigenvalue weighted by molar-refractivity contribution is -0.122. The van der Waals surface area contributed by atoms with Crippen molar-refractivity contribution in [2.45, 2.75) is 17.7 Å². The van der Waals surface area contributed by atoms with Gasteiger partial charge in [0.25, 0.3) is 0 Å². The van der Waals surface area contributed by atoms with Crippen LogP contribution in [0.4, 0.5) is 11.4 Å². The first-order chi connectivity index (χ1) is 12.2. The molecular formula is C19H20N2O3S. The number of thioether (sulfide) groups is 1. The Morgan fingerprint density at radius 2 is 2.00 bits per heavy atom. The molecule has 0 fully saturated rings. The van der Waals surface area contributed by atoms with E-state index in [9.17, 15) is 9.59 Å². The Morgan fingerprint density at radius 3 is 2.84 bits per heavy atom. The van der Waals surface area contributed by atoms with Gasteiger partial charge >= 0.3 is 0 Å². The van der Waals surface area contributed by atoms with Gasteiger partial charge in [0.1, 0.15) is 5.75 Å². The van der Waals surface area contributed by atoms with E-state index in [0.29, 0.717) is 18.0 Å².